The SMILES string of the molecule is CCCCc1nc(Cl)c(COC(=O)[C@@H](CCCCC(=O)O)N(C)C)n1Cc1ccc(-c2ccccc2-c2nn[nH]n2)cc1. The summed E-state index contributed by atoms with van der Waals surface area (Å²) < 4.78 is 7.82. The zero-order valence-electron chi connectivity index (χ0n) is 24.8. The van der Waals surface area contributed by atoms with Crippen molar-refractivity contribution in [2.24, 2.45) is 0 Å². The first-order chi connectivity index (χ1) is 20.8. The lowest BCUT2D eigenvalue weighted by molar-refractivity contribution is -0.150. The van der Waals surface area contributed by atoms with Crippen molar-refractivity contribution in [3.05, 3.63) is 70.8 Å². The summed E-state index contributed by atoms with van der Waals surface area (Å²) in [6, 6.07) is 15.7. The van der Waals surface area contributed by atoms with E-state index in [4.69, 9.17) is 21.4 Å². The van der Waals surface area contributed by atoms with E-state index in [1.54, 1.807) is 4.90 Å². The summed E-state index contributed by atoms with van der Waals surface area (Å²) in [5, 5.41) is 23.7. The molecular weight excluding hydrogens is 570 g/mol. The van der Waals surface area contributed by atoms with Crippen molar-refractivity contribution in [2.45, 2.75) is 71.1 Å². The largest absolute Gasteiger partial charge is 0.481 e. The number of benzene rings is 2. The van der Waals surface area contributed by atoms with Gasteiger partial charge in [-0.15, -0.1) is 10.2 Å². The zero-order valence-corrected chi connectivity index (χ0v) is 25.5. The van der Waals surface area contributed by atoms with Crippen molar-refractivity contribution in [1.29, 1.82) is 0 Å². The van der Waals surface area contributed by atoms with Gasteiger partial charge in [-0.3, -0.25) is 14.5 Å². The molecule has 2 aromatic carbocycles. The number of hydrogen-bond acceptors (Lipinski definition) is 8. The number of carbonyl (C=O) groups is 2. The number of nitrogens with one attached hydrogen (secondary N) is 1. The molecule has 0 bridgehead atoms. The maximum absolute atomic E-state index is 13.1. The summed E-state index contributed by atoms with van der Waals surface area (Å²) in [7, 11) is 3.63. The molecule has 2 heterocycles. The van der Waals surface area contributed by atoms with Gasteiger partial charge in [0.1, 0.15) is 18.5 Å². The molecule has 0 saturated heterocycles. The summed E-state index contributed by atoms with van der Waals surface area (Å²) in [4.78, 5) is 30.3. The van der Waals surface area contributed by atoms with E-state index in [1.807, 2.05) is 42.9 Å². The van der Waals surface area contributed by atoms with Crippen LogP contribution >= 0.6 is 11.6 Å². The van der Waals surface area contributed by atoms with Gasteiger partial charge in [-0.25, -0.2) is 4.98 Å². The molecule has 11 nitrogen and oxygen atoms in total. The quantitative estimate of drug-likeness (QED) is 0.127. The fourth-order valence-corrected chi connectivity index (χ4v) is 5.22. The molecule has 4 aromatic rings. The van der Waals surface area contributed by atoms with Crippen LogP contribution in [0.5, 0.6) is 0 Å². The molecule has 2 N–H and O–H groups in total. The number of carboxylic acid groups (broad SMARTS) is 1. The molecule has 43 heavy (non-hydrogen) atoms. The molecule has 0 aliphatic carbocycles. The van der Waals surface area contributed by atoms with Gasteiger partial charge >= 0.3 is 11.9 Å². The number of halogens is 1. The Balaban J connectivity index is 1.51. The average molecular weight is 608 g/mol. The third-order valence-corrected chi connectivity index (χ3v) is 7.64. The summed E-state index contributed by atoms with van der Waals surface area (Å²) in [5.41, 5.74) is 4.59. The highest BCUT2D eigenvalue weighted by molar-refractivity contribution is 6.30. The van der Waals surface area contributed by atoms with E-state index < -0.39 is 12.0 Å². The second-order valence-electron chi connectivity index (χ2n) is 10.7. The molecule has 0 fully saturated rings. The Morgan fingerprint density at radius 3 is 2.47 bits per heavy atom. The molecule has 0 spiro atoms. The molecule has 1 atom stereocenters. The van der Waals surface area contributed by atoms with E-state index in [2.05, 4.69) is 56.8 Å². The Hall–Kier alpha value is -4.09. The Morgan fingerprint density at radius 1 is 1.07 bits per heavy atom. The molecule has 4 rings (SSSR count). The molecule has 2 aromatic heterocycles. The number of hydrogen-bond donors (Lipinski definition) is 2. The minimum Gasteiger partial charge on any atom is -0.481 e. The van der Waals surface area contributed by atoms with Crippen molar-refractivity contribution in [3.8, 4) is 22.5 Å². The van der Waals surface area contributed by atoms with Gasteiger partial charge < -0.3 is 14.4 Å². The number of nitrogens with zero attached hydrogens (tertiary/aromatic N) is 6. The van der Waals surface area contributed by atoms with E-state index in [1.165, 1.54) is 0 Å². The minimum atomic E-state index is -0.839. The van der Waals surface area contributed by atoms with Crippen LogP contribution in [0.25, 0.3) is 22.5 Å². The van der Waals surface area contributed by atoms with Crippen LogP contribution in [0.15, 0.2) is 48.5 Å². The number of imidazole rings is 1. The van der Waals surface area contributed by atoms with Crippen LogP contribution in [0, 0.1) is 0 Å². The number of aryl methyl sites for hydroxylation is 1. The number of ether oxygens (including phenoxy) is 1. The van der Waals surface area contributed by atoms with Gasteiger partial charge in [0.25, 0.3) is 0 Å². The molecule has 0 radical (unpaired) electrons. The van der Waals surface area contributed by atoms with Crippen molar-refractivity contribution in [3.63, 3.8) is 0 Å². The highest BCUT2D eigenvalue weighted by atomic mass is 35.5. The minimum absolute atomic E-state index is 0.00752. The van der Waals surface area contributed by atoms with Crippen molar-refractivity contribution in [1.82, 2.24) is 35.1 Å². The van der Waals surface area contributed by atoms with Gasteiger partial charge in [-0.2, -0.15) is 5.21 Å². The topological polar surface area (TPSA) is 139 Å². The first kappa shape index (κ1) is 31.8. The first-order valence-corrected chi connectivity index (χ1v) is 14.9. The van der Waals surface area contributed by atoms with Gasteiger partial charge in [-0.05, 0) is 55.3 Å². The van der Waals surface area contributed by atoms with Gasteiger partial charge in [0.2, 0.25) is 5.82 Å². The smallest absolute Gasteiger partial charge is 0.323 e. The number of aromatic nitrogens is 6. The maximum Gasteiger partial charge on any atom is 0.323 e. The Morgan fingerprint density at radius 2 is 1.81 bits per heavy atom. The highest BCUT2D eigenvalue weighted by Crippen LogP contribution is 2.30. The number of H-pyrrole nitrogens is 1. The zero-order chi connectivity index (χ0) is 30.8. The van der Waals surface area contributed by atoms with Gasteiger partial charge in [0.15, 0.2) is 5.15 Å². The number of carboxylic acids is 1. The lowest BCUT2D eigenvalue weighted by Crippen LogP contribution is -2.37. The van der Waals surface area contributed by atoms with Gasteiger partial charge in [0, 0.05) is 24.9 Å². The second kappa shape index (κ2) is 15.4. The number of unbranched alkanes of at least 4 members (excludes halogenated alkanes) is 2. The molecular formula is C31H38ClN7O4. The maximum atomic E-state index is 13.1. The molecule has 0 saturated carbocycles. The summed E-state index contributed by atoms with van der Waals surface area (Å²) in [5.74, 6) is 0.171. The number of carbonyl (C=O) groups excluding carboxylic acids is 1. The molecule has 0 aliphatic rings. The van der Waals surface area contributed by atoms with Crippen LogP contribution < -0.4 is 0 Å². The second-order valence-corrected chi connectivity index (χ2v) is 11.0. The molecule has 228 valence electrons. The number of likely N-dealkylation sites (N-methyl/N-ethyl adjacent to an activating group) is 1. The number of tetrazole rings is 1. The Labute approximate surface area is 256 Å². The van der Waals surface area contributed by atoms with Crippen LogP contribution in [0.1, 0.15) is 62.5 Å². The summed E-state index contributed by atoms with van der Waals surface area (Å²) in [6.45, 7) is 2.64. The first-order valence-electron chi connectivity index (χ1n) is 14.5. The van der Waals surface area contributed by atoms with E-state index in [9.17, 15) is 9.59 Å². The van der Waals surface area contributed by atoms with Crippen LogP contribution in [0.3, 0.4) is 0 Å². The molecule has 0 unspecified atom stereocenters. The molecule has 12 heteroatoms. The monoisotopic (exact) mass is 607 g/mol. The van der Waals surface area contributed by atoms with Crippen LogP contribution in [0.4, 0.5) is 0 Å². The van der Waals surface area contributed by atoms with Crippen molar-refractivity contribution < 1.29 is 19.4 Å². The van der Waals surface area contributed by atoms with Crippen molar-refractivity contribution >= 4 is 23.5 Å². The third-order valence-electron chi connectivity index (χ3n) is 7.34. The molecule has 0 amide bonds. The number of aliphatic carboxylic acids is 1. The van der Waals surface area contributed by atoms with E-state index in [0.717, 1.165) is 47.3 Å². The lowest BCUT2D eigenvalue weighted by atomic mass is 9.98. The third kappa shape index (κ3) is 8.48. The van der Waals surface area contributed by atoms with Crippen LogP contribution in [-0.2, 0) is 33.9 Å². The van der Waals surface area contributed by atoms with E-state index in [-0.39, 0.29) is 19.0 Å². The predicted molar refractivity (Wildman–Crippen MR) is 163 cm³/mol. The molecule has 0 aliphatic heterocycles. The number of esters is 1. The predicted octanol–water partition coefficient (Wildman–Crippen LogP) is 5.39. The normalized spacial score (nSPS) is 12.0. The standard InChI is InChI=1S/C31H38ClN7O4/c1-4-5-13-27-33-29(32)26(20-43-31(42)25(38(2)3)12-8-9-14-28(40)41)39(27)19-21-15-17-22(18-16-21)23-10-6-7-11-24(23)30-34-36-37-35-30/h6-7,10-11,15-18,25H,4-5,8-9,12-14,19-20H2,1-3H3,(H,40,41)(H,34,35,36,37)/t25-/m1/s1. The Bertz CT molecular complexity index is 1490. The van der Waals surface area contributed by atoms with E-state index in [0.29, 0.717) is 42.5 Å². The Kier molecular flexibility index (Phi) is 11.4. The van der Waals surface area contributed by atoms with Crippen LogP contribution in [-0.4, -0.2) is 72.3 Å². The van der Waals surface area contributed by atoms with Gasteiger partial charge in [-0.1, -0.05) is 79.9 Å². The fraction of sp³-hybridized carbons (Fsp3) is 0.419. The summed E-state index contributed by atoms with van der Waals surface area (Å²) >= 11 is 6.62. The summed E-state index contributed by atoms with van der Waals surface area (Å²) in [6.07, 6.45) is 4.43. The highest BCUT2D eigenvalue weighted by Gasteiger charge is 2.24. The number of rotatable bonds is 16. The van der Waals surface area contributed by atoms with Crippen molar-refractivity contribution in [2.75, 3.05) is 14.1 Å². The fourth-order valence-electron chi connectivity index (χ4n) is 4.97. The lowest BCUT2D eigenvalue weighted by Gasteiger charge is -2.22. The van der Waals surface area contributed by atoms with Crippen LogP contribution in [0.2, 0.25) is 5.15 Å². The van der Waals surface area contributed by atoms with Gasteiger partial charge in [0.05, 0.1) is 5.69 Å². The average Bonchev–Trinajstić information content (AvgIpc) is 3.63. The number of aromatic amines is 1. The van der Waals surface area contributed by atoms with E-state index >= 15 is 0 Å².